The summed E-state index contributed by atoms with van der Waals surface area (Å²) in [6.07, 6.45) is 4.87. The molecule has 0 aromatic heterocycles. The van der Waals surface area contributed by atoms with Gasteiger partial charge in [-0.15, -0.1) is 12.4 Å². The number of carbonyl (C=O) groups is 1. The van der Waals surface area contributed by atoms with E-state index in [0.717, 1.165) is 37.0 Å². The quantitative estimate of drug-likeness (QED) is 0.904. The Morgan fingerprint density at radius 3 is 2.55 bits per heavy atom. The van der Waals surface area contributed by atoms with Gasteiger partial charge < -0.3 is 15.4 Å². The molecule has 2 N–H and O–H groups in total. The van der Waals surface area contributed by atoms with Gasteiger partial charge >= 0.3 is 0 Å². The molecule has 0 heterocycles. The minimum Gasteiger partial charge on any atom is -0.494 e. The van der Waals surface area contributed by atoms with Crippen molar-refractivity contribution in [2.24, 2.45) is 5.73 Å². The summed E-state index contributed by atoms with van der Waals surface area (Å²) in [5.41, 5.74) is 6.68. The van der Waals surface area contributed by atoms with Crippen LogP contribution in [-0.4, -0.2) is 30.0 Å². The van der Waals surface area contributed by atoms with Crippen molar-refractivity contribution < 1.29 is 9.53 Å². The van der Waals surface area contributed by atoms with Gasteiger partial charge in [-0.3, -0.25) is 4.79 Å². The van der Waals surface area contributed by atoms with Gasteiger partial charge in [0.2, 0.25) is 5.91 Å². The van der Waals surface area contributed by atoms with Crippen molar-refractivity contribution >= 4 is 18.3 Å². The number of ether oxygens (including phenoxy) is 1. The lowest BCUT2D eigenvalue weighted by Crippen LogP contribution is -2.55. The summed E-state index contributed by atoms with van der Waals surface area (Å²) in [6, 6.07) is 7.85. The van der Waals surface area contributed by atoms with Crippen molar-refractivity contribution in [3.8, 4) is 5.75 Å². The smallest absolute Gasteiger partial charge is 0.242 e. The first-order valence-corrected chi connectivity index (χ1v) is 7.82. The number of nitrogens with two attached hydrogens (primary N) is 1. The molecular weight excluding hydrogens is 300 g/mol. The van der Waals surface area contributed by atoms with E-state index in [-0.39, 0.29) is 18.3 Å². The van der Waals surface area contributed by atoms with Gasteiger partial charge in [-0.05, 0) is 25.8 Å². The molecule has 0 unspecified atom stereocenters. The van der Waals surface area contributed by atoms with Crippen LogP contribution in [0.25, 0.3) is 0 Å². The van der Waals surface area contributed by atoms with Crippen molar-refractivity contribution in [3.05, 3.63) is 29.8 Å². The van der Waals surface area contributed by atoms with Crippen LogP contribution in [0.4, 0.5) is 0 Å². The molecule has 0 saturated heterocycles. The van der Waals surface area contributed by atoms with Gasteiger partial charge in [0.15, 0.2) is 0 Å². The minimum absolute atomic E-state index is 0. The Balaban J connectivity index is 0.00000242. The SMILES string of the molecule is CCOc1ccccc1CN(C)C(=O)C1(N)CCCCC1.Cl. The van der Waals surface area contributed by atoms with Crippen LogP contribution in [0.5, 0.6) is 5.75 Å². The Kier molecular flexibility index (Phi) is 7.17. The van der Waals surface area contributed by atoms with E-state index in [1.54, 1.807) is 4.90 Å². The number of amides is 1. The van der Waals surface area contributed by atoms with E-state index in [2.05, 4.69) is 0 Å². The van der Waals surface area contributed by atoms with Gasteiger partial charge in [0.1, 0.15) is 5.75 Å². The van der Waals surface area contributed by atoms with Crippen molar-refractivity contribution in [1.82, 2.24) is 4.90 Å². The van der Waals surface area contributed by atoms with Crippen LogP contribution in [0.15, 0.2) is 24.3 Å². The van der Waals surface area contributed by atoms with Crippen LogP contribution in [0, 0.1) is 0 Å². The molecule has 0 radical (unpaired) electrons. The van der Waals surface area contributed by atoms with Gasteiger partial charge in [-0.25, -0.2) is 0 Å². The Labute approximate surface area is 139 Å². The largest absolute Gasteiger partial charge is 0.494 e. The Bertz CT molecular complexity index is 487. The molecule has 1 saturated carbocycles. The van der Waals surface area contributed by atoms with Crippen LogP contribution < -0.4 is 10.5 Å². The first-order valence-electron chi connectivity index (χ1n) is 7.82. The summed E-state index contributed by atoms with van der Waals surface area (Å²) < 4.78 is 5.62. The molecule has 1 fully saturated rings. The van der Waals surface area contributed by atoms with Crippen LogP contribution >= 0.6 is 12.4 Å². The highest BCUT2D eigenvalue weighted by molar-refractivity contribution is 5.86. The molecular formula is C17H27ClN2O2. The summed E-state index contributed by atoms with van der Waals surface area (Å²) in [5, 5.41) is 0. The number of rotatable bonds is 5. The summed E-state index contributed by atoms with van der Waals surface area (Å²) in [6.45, 7) is 3.12. The lowest BCUT2D eigenvalue weighted by molar-refractivity contribution is -0.137. The normalized spacial score (nSPS) is 16.5. The minimum atomic E-state index is -0.673. The molecule has 5 heteroatoms. The van der Waals surface area contributed by atoms with Crippen LogP contribution in [0.1, 0.15) is 44.6 Å². The molecule has 1 aromatic carbocycles. The fraction of sp³-hybridized carbons (Fsp3) is 0.588. The number of nitrogens with zero attached hydrogens (tertiary/aromatic N) is 1. The molecule has 2 rings (SSSR count). The number of halogens is 1. The van der Waals surface area contributed by atoms with Gasteiger partial charge in [0.05, 0.1) is 12.1 Å². The van der Waals surface area contributed by atoms with E-state index in [4.69, 9.17) is 10.5 Å². The van der Waals surface area contributed by atoms with Crippen LogP contribution in [0.2, 0.25) is 0 Å². The fourth-order valence-electron chi connectivity index (χ4n) is 3.03. The zero-order valence-corrected chi connectivity index (χ0v) is 14.3. The molecule has 0 atom stereocenters. The zero-order chi connectivity index (χ0) is 15.3. The average Bonchev–Trinajstić information content (AvgIpc) is 2.49. The second-order valence-electron chi connectivity index (χ2n) is 5.92. The molecule has 0 spiro atoms. The zero-order valence-electron chi connectivity index (χ0n) is 13.5. The summed E-state index contributed by atoms with van der Waals surface area (Å²) in [4.78, 5) is 14.4. The maximum absolute atomic E-state index is 12.7. The third-order valence-corrected chi connectivity index (χ3v) is 4.20. The highest BCUT2D eigenvalue weighted by atomic mass is 35.5. The lowest BCUT2D eigenvalue weighted by atomic mass is 9.81. The highest BCUT2D eigenvalue weighted by Gasteiger charge is 2.37. The number of hydrogen-bond acceptors (Lipinski definition) is 3. The maximum Gasteiger partial charge on any atom is 0.242 e. The van der Waals surface area contributed by atoms with Crippen molar-refractivity contribution in [2.45, 2.75) is 51.1 Å². The van der Waals surface area contributed by atoms with E-state index in [1.165, 1.54) is 6.42 Å². The van der Waals surface area contributed by atoms with Crippen molar-refractivity contribution in [3.63, 3.8) is 0 Å². The molecule has 1 aromatic rings. The fourth-order valence-corrected chi connectivity index (χ4v) is 3.03. The summed E-state index contributed by atoms with van der Waals surface area (Å²) in [7, 11) is 1.83. The number of benzene rings is 1. The van der Waals surface area contributed by atoms with Gasteiger partial charge in [-0.1, -0.05) is 37.5 Å². The predicted molar refractivity (Wildman–Crippen MR) is 91.3 cm³/mol. The van der Waals surface area contributed by atoms with Gasteiger partial charge in [-0.2, -0.15) is 0 Å². The molecule has 0 bridgehead atoms. The molecule has 4 nitrogen and oxygen atoms in total. The lowest BCUT2D eigenvalue weighted by Gasteiger charge is -2.35. The first kappa shape index (κ1) is 18.8. The average molecular weight is 327 g/mol. The Morgan fingerprint density at radius 1 is 1.27 bits per heavy atom. The predicted octanol–water partition coefficient (Wildman–Crippen LogP) is 3.13. The second kappa shape index (κ2) is 8.39. The molecule has 1 aliphatic rings. The molecule has 22 heavy (non-hydrogen) atoms. The summed E-state index contributed by atoms with van der Waals surface area (Å²) >= 11 is 0. The molecule has 1 amide bonds. The summed E-state index contributed by atoms with van der Waals surface area (Å²) in [5.74, 6) is 0.892. The van der Waals surface area contributed by atoms with E-state index >= 15 is 0 Å². The first-order chi connectivity index (χ1) is 10.1. The Hall–Kier alpha value is -1.26. The highest BCUT2D eigenvalue weighted by Crippen LogP contribution is 2.28. The third kappa shape index (κ3) is 4.37. The monoisotopic (exact) mass is 326 g/mol. The van der Waals surface area contributed by atoms with Crippen LogP contribution in [0.3, 0.4) is 0 Å². The maximum atomic E-state index is 12.7. The van der Waals surface area contributed by atoms with E-state index in [1.807, 2.05) is 38.2 Å². The topological polar surface area (TPSA) is 55.6 Å². The Morgan fingerprint density at radius 2 is 1.91 bits per heavy atom. The van der Waals surface area contributed by atoms with E-state index in [0.29, 0.717) is 13.2 Å². The van der Waals surface area contributed by atoms with E-state index < -0.39 is 5.54 Å². The molecule has 124 valence electrons. The number of carbonyl (C=O) groups excluding carboxylic acids is 1. The second-order valence-corrected chi connectivity index (χ2v) is 5.92. The number of para-hydroxylation sites is 1. The van der Waals surface area contributed by atoms with Gasteiger partial charge in [0.25, 0.3) is 0 Å². The number of hydrogen-bond donors (Lipinski definition) is 1. The molecule has 0 aliphatic heterocycles. The van der Waals surface area contributed by atoms with Crippen molar-refractivity contribution in [1.29, 1.82) is 0 Å². The van der Waals surface area contributed by atoms with Crippen LogP contribution in [-0.2, 0) is 11.3 Å². The standard InChI is InChI=1S/C17H26N2O2.ClH/c1-3-21-15-10-6-5-9-14(15)13-19(2)16(20)17(18)11-7-4-8-12-17;/h5-6,9-10H,3-4,7-8,11-13,18H2,1-2H3;1H. The molecule has 1 aliphatic carbocycles. The van der Waals surface area contributed by atoms with Crippen molar-refractivity contribution in [2.75, 3.05) is 13.7 Å². The third-order valence-electron chi connectivity index (χ3n) is 4.20. The van der Waals surface area contributed by atoms with E-state index in [9.17, 15) is 4.79 Å². The van der Waals surface area contributed by atoms with Gasteiger partial charge in [0, 0.05) is 19.2 Å². The number of likely N-dealkylation sites (N-methyl/N-ethyl adjacent to an activating group) is 1.